The maximum Gasteiger partial charge on any atom is 0.234 e. The Morgan fingerprint density at radius 1 is 1.45 bits per heavy atom. The molecule has 22 heavy (non-hydrogen) atoms. The summed E-state index contributed by atoms with van der Waals surface area (Å²) in [6, 6.07) is 5.82. The van der Waals surface area contributed by atoms with Crippen LogP contribution in [0.5, 0.6) is 5.75 Å². The molecule has 5 nitrogen and oxygen atoms in total. The fourth-order valence-corrected chi connectivity index (χ4v) is 2.58. The molecule has 1 atom stereocenters. The van der Waals surface area contributed by atoms with E-state index < -0.39 is 0 Å². The van der Waals surface area contributed by atoms with Crippen molar-refractivity contribution in [3.63, 3.8) is 0 Å². The summed E-state index contributed by atoms with van der Waals surface area (Å²) in [5, 5.41) is 2.83. The lowest BCUT2D eigenvalue weighted by molar-refractivity contribution is -0.122. The molecule has 3 N–H and O–H groups in total. The maximum atomic E-state index is 12.7. The van der Waals surface area contributed by atoms with Crippen LogP contribution in [0, 0.1) is 11.2 Å². The Hall–Kier alpha value is -1.66. The highest BCUT2D eigenvalue weighted by Crippen LogP contribution is 2.27. The summed E-state index contributed by atoms with van der Waals surface area (Å²) in [7, 11) is 0. The van der Waals surface area contributed by atoms with Gasteiger partial charge in [-0.3, -0.25) is 9.69 Å². The van der Waals surface area contributed by atoms with Crippen LogP contribution in [-0.2, 0) is 4.79 Å². The van der Waals surface area contributed by atoms with Crippen LogP contribution in [0.1, 0.15) is 13.3 Å². The number of hydrogen-bond acceptors (Lipinski definition) is 4. The molecule has 1 aromatic rings. The molecule has 1 unspecified atom stereocenters. The molecular formula is C16H24FN3O2. The molecule has 6 heteroatoms. The topological polar surface area (TPSA) is 67.6 Å². The number of ether oxygens (including phenoxy) is 1. The fraction of sp³-hybridized carbons (Fsp3) is 0.562. The first-order valence-electron chi connectivity index (χ1n) is 7.58. The molecule has 1 saturated heterocycles. The van der Waals surface area contributed by atoms with E-state index in [9.17, 15) is 9.18 Å². The van der Waals surface area contributed by atoms with Crippen LogP contribution in [0.3, 0.4) is 0 Å². The average molecular weight is 309 g/mol. The summed E-state index contributed by atoms with van der Waals surface area (Å²) in [6.45, 7) is 5.76. The molecule has 1 aliphatic rings. The largest absolute Gasteiger partial charge is 0.492 e. The molecule has 1 heterocycles. The Bertz CT molecular complexity index is 495. The van der Waals surface area contributed by atoms with Gasteiger partial charge in [0.1, 0.15) is 18.2 Å². The van der Waals surface area contributed by atoms with Crippen molar-refractivity contribution in [1.29, 1.82) is 0 Å². The minimum atomic E-state index is -0.296. The van der Waals surface area contributed by atoms with Gasteiger partial charge in [0.2, 0.25) is 5.91 Å². The van der Waals surface area contributed by atoms with Crippen LogP contribution in [0.25, 0.3) is 0 Å². The van der Waals surface area contributed by atoms with Crippen molar-refractivity contribution in [3.8, 4) is 5.75 Å². The summed E-state index contributed by atoms with van der Waals surface area (Å²) in [6.07, 6.45) is 1.03. The number of likely N-dealkylation sites (tertiary alicyclic amines) is 1. The summed E-state index contributed by atoms with van der Waals surface area (Å²) in [5.41, 5.74) is 5.89. The number of nitrogens with one attached hydrogen (secondary N) is 1. The average Bonchev–Trinajstić information content (AvgIpc) is 2.87. The molecule has 122 valence electrons. The summed E-state index contributed by atoms with van der Waals surface area (Å²) < 4.78 is 18.2. The van der Waals surface area contributed by atoms with Crippen LogP contribution in [0.2, 0.25) is 0 Å². The van der Waals surface area contributed by atoms with Gasteiger partial charge in [-0.05, 0) is 49.2 Å². The number of carbonyl (C=O) groups is 1. The number of carbonyl (C=O) groups excluding carboxylic acids is 1. The van der Waals surface area contributed by atoms with E-state index in [2.05, 4.69) is 17.1 Å². The highest BCUT2D eigenvalue weighted by atomic mass is 19.1. The molecular weight excluding hydrogens is 285 g/mol. The van der Waals surface area contributed by atoms with Crippen molar-refractivity contribution >= 4 is 5.91 Å². The molecule has 1 aliphatic heterocycles. The maximum absolute atomic E-state index is 12.7. The second-order valence-electron chi connectivity index (χ2n) is 6.13. The van der Waals surface area contributed by atoms with E-state index >= 15 is 0 Å². The molecule has 0 aromatic heterocycles. The molecule has 1 fully saturated rings. The highest BCUT2D eigenvalue weighted by Gasteiger charge is 2.32. The molecule has 0 bridgehead atoms. The zero-order chi connectivity index (χ0) is 16.0. The van der Waals surface area contributed by atoms with E-state index in [0.717, 1.165) is 19.5 Å². The van der Waals surface area contributed by atoms with Gasteiger partial charge in [0.25, 0.3) is 0 Å². The van der Waals surface area contributed by atoms with E-state index in [4.69, 9.17) is 10.5 Å². The van der Waals surface area contributed by atoms with Gasteiger partial charge in [0.15, 0.2) is 0 Å². The van der Waals surface area contributed by atoms with Crippen LogP contribution >= 0.6 is 0 Å². The minimum Gasteiger partial charge on any atom is -0.492 e. The summed E-state index contributed by atoms with van der Waals surface area (Å²) in [4.78, 5) is 14.0. The number of halogens is 1. The molecule has 0 radical (unpaired) electrons. The lowest BCUT2D eigenvalue weighted by atomic mass is 9.90. The van der Waals surface area contributed by atoms with Crippen LogP contribution in [0.4, 0.5) is 4.39 Å². The van der Waals surface area contributed by atoms with Gasteiger partial charge >= 0.3 is 0 Å². The third kappa shape index (κ3) is 4.96. The monoisotopic (exact) mass is 309 g/mol. The summed E-state index contributed by atoms with van der Waals surface area (Å²) >= 11 is 0. The Labute approximate surface area is 130 Å². The van der Waals surface area contributed by atoms with Gasteiger partial charge in [-0.15, -0.1) is 0 Å². The van der Waals surface area contributed by atoms with E-state index in [-0.39, 0.29) is 17.1 Å². The second kappa shape index (κ2) is 7.56. The Morgan fingerprint density at radius 2 is 2.18 bits per heavy atom. The zero-order valence-electron chi connectivity index (χ0n) is 13.0. The smallest absolute Gasteiger partial charge is 0.234 e. The van der Waals surface area contributed by atoms with Crippen molar-refractivity contribution in [2.75, 3.05) is 39.3 Å². The Morgan fingerprint density at radius 3 is 2.82 bits per heavy atom. The zero-order valence-corrected chi connectivity index (χ0v) is 13.0. The highest BCUT2D eigenvalue weighted by molar-refractivity contribution is 5.78. The molecule has 0 spiro atoms. The predicted octanol–water partition coefficient (Wildman–Crippen LogP) is 0.991. The van der Waals surface area contributed by atoms with Crippen molar-refractivity contribution in [3.05, 3.63) is 30.1 Å². The normalized spacial score (nSPS) is 21.8. The van der Waals surface area contributed by atoms with E-state index in [0.29, 0.717) is 32.0 Å². The molecule has 1 aromatic carbocycles. The number of nitrogens with zero attached hydrogens (tertiary/aromatic N) is 1. The molecule has 0 saturated carbocycles. The van der Waals surface area contributed by atoms with Crippen molar-refractivity contribution < 1.29 is 13.9 Å². The first-order chi connectivity index (χ1) is 10.5. The number of hydrogen-bond donors (Lipinski definition) is 2. The quantitative estimate of drug-likeness (QED) is 0.737. The third-order valence-electron chi connectivity index (χ3n) is 4.00. The first-order valence-corrected chi connectivity index (χ1v) is 7.58. The SMILES string of the molecule is CC1(CN)CCN(CC(=O)NCCOc2ccc(F)cc2)C1. The summed E-state index contributed by atoms with van der Waals surface area (Å²) in [5.74, 6) is 0.286. The minimum absolute atomic E-state index is 0.0102. The van der Waals surface area contributed by atoms with Gasteiger partial charge in [0.05, 0.1) is 13.1 Å². The van der Waals surface area contributed by atoms with Crippen LogP contribution in [0.15, 0.2) is 24.3 Å². The third-order valence-corrected chi connectivity index (χ3v) is 4.00. The molecule has 0 aliphatic carbocycles. The van der Waals surface area contributed by atoms with Gasteiger partial charge in [-0.1, -0.05) is 6.92 Å². The first kappa shape index (κ1) is 16.7. The fourth-order valence-electron chi connectivity index (χ4n) is 2.58. The Kier molecular flexibility index (Phi) is 5.74. The van der Waals surface area contributed by atoms with Gasteiger partial charge in [-0.25, -0.2) is 4.39 Å². The van der Waals surface area contributed by atoms with E-state index in [1.807, 2.05) is 0 Å². The standard InChI is InChI=1S/C16H24FN3O2/c1-16(11-18)6-8-20(12-16)10-15(21)19-7-9-22-14-4-2-13(17)3-5-14/h2-5H,6-12,18H2,1H3,(H,19,21). The lowest BCUT2D eigenvalue weighted by Gasteiger charge is -2.22. The van der Waals surface area contributed by atoms with Crippen molar-refractivity contribution in [2.24, 2.45) is 11.1 Å². The van der Waals surface area contributed by atoms with E-state index in [1.54, 1.807) is 12.1 Å². The molecule has 1 amide bonds. The van der Waals surface area contributed by atoms with Crippen LogP contribution < -0.4 is 15.8 Å². The van der Waals surface area contributed by atoms with Gasteiger partial charge in [-0.2, -0.15) is 0 Å². The molecule has 2 rings (SSSR count). The number of nitrogens with two attached hydrogens (primary N) is 1. The van der Waals surface area contributed by atoms with Gasteiger partial charge < -0.3 is 15.8 Å². The van der Waals surface area contributed by atoms with Crippen LogP contribution in [-0.4, -0.2) is 50.1 Å². The Balaban J connectivity index is 1.61. The lowest BCUT2D eigenvalue weighted by Crippen LogP contribution is -2.39. The number of rotatable bonds is 7. The van der Waals surface area contributed by atoms with Crippen molar-refractivity contribution in [1.82, 2.24) is 10.2 Å². The van der Waals surface area contributed by atoms with Crippen molar-refractivity contribution in [2.45, 2.75) is 13.3 Å². The predicted molar refractivity (Wildman–Crippen MR) is 83.1 cm³/mol. The van der Waals surface area contributed by atoms with Gasteiger partial charge in [0, 0.05) is 6.54 Å². The number of amides is 1. The second-order valence-corrected chi connectivity index (χ2v) is 6.13. The number of benzene rings is 1. The van der Waals surface area contributed by atoms with E-state index in [1.165, 1.54) is 12.1 Å².